The molecule has 4 N–H and O–H groups in total. The number of nitrogen functional groups attached to an aromatic ring is 1. The van der Waals surface area contributed by atoms with E-state index >= 15 is 0 Å². The van der Waals surface area contributed by atoms with Crippen molar-refractivity contribution in [1.29, 1.82) is 0 Å². The number of rotatable bonds is 3. The molecule has 1 atom stereocenters. The van der Waals surface area contributed by atoms with Gasteiger partial charge in [-0.25, -0.2) is 4.79 Å². The maximum Gasteiger partial charge on any atom is 0.337 e. The van der Waals surface area contributed by atoms with Crippen LogP contribution in [-0.2, 0) is 11.2 Å². The average Bonchev–Trinajstić information content (AvgIpc) is 2.54. The van der Waals surface area contributed by atoms with E-state index in [1.54, 1.807) is 18.3 Å². The third kappa shape index (κ3) is 2.94. The third-order valence-corrected chi connectivity index (χ3v) is 3.72. The second-order valence-corrected chi connectivity index (χ2v) is 5.22. The van der Waals surface area contributed by atoms with Gasteiger partial charge < -0.3 is 15.8 Å². The van der Waals surface area contributed by atoms with Crippen LogP contribution in [0, 0.1) is 0 Å². The highest BCUT2D eigenvalue weighted by atomic mass is 16.5. The summed E-state index contributed by atoms with van der Waals surface area (Å²) in [5.41, 5.74) is 7.36. The Balaban J connectivity index is 1.87. The van der Waals surface area contributed by atoms with Gasteiger partial charge in [-0.05, 0) is 30.3 Å². The minimum absolute atomic E-state index is 0.0812. The fourth-order valence-corrected chi connectivity index (χ4v) is 2.61. The van der Waals surface area contributed by atoms with Gasteiger partial charge in [0.25, 0.3) is 5.56 Å². The number of hydrogen-bond donors (Lipinski definition) is 3. The Morgan fingerprint density at radius 1 is 1.35 bits per heavy atom. The number of carbonyl (C=O) groups is 1. The number of H-pyrrole nitrogens is 1. The third-order valence-electron chi connectivity index (χ3n) is 3.72. The van der Waals surface area contributed by atoms with E-state index in [9.17, 15) is 9.59 Å². The van der Waals surface area contributed by atoms with Gasteiger partial charge >= 0.3 is 5.97 Å². The molecule has 118 valence electrons. The van der Waals surface area contributed by atoms with Crippen molar-refractivity contribution in [2.24, 2.45) is 0 Å². The SMILES string of the molecule is COC(=O)c1ccc(CC2C=CNc3nc(N)[nH]c(=O)c32)cc1. The second kappa shape index (κ2) is 5.96. The lowest BCUT2D eigenvalue weighted by Gasteiger charge is -2.20. The number of methoxy groups -OCH3 is 1. The quantitative estimate of drug-likeness (QED) is 0.739. The van der Waals surface area contributed by atoms with Crippen molar-refractivity contribution in [3.8, 4) is 0 Å². The lowest BCUT2D eigenvalue weighted by atomic mass is 9.91. The van der Waals surface area contributed by atoms with E-state index in [-0.39, 0.29) is 23.4 Å². The molecule has 1 unspecified atom stereocenters. The first-order valence-corrected chi connectivity index (χ1v) is 7.08. The number of esters is 1. The fourth-order valence-electron chi connectivity index (χ4n) is 2.61. The molecule has 7 heteroatoms. The van der Waals surface area contributed by atoms with Crippen molar-refractivity contribution in [1.82, 2.24) is 9.97 Å². The number of nitrogens with one attached hydrogen (secondary N) is 2. The molecule has 2 aromatic rings. The van der Waals surface area contributed by atoms with E-state index in [2.05, 4.69) is 20.0 Å². The summed E-state index contributed by atoms with van der Waals surface area (Å²) in [4.78, 5) is 30.2. The lowest BCUT2D eigenvalue weighted by molar-refractivity contribution is 0.0600. The molecule has 3 rings (SSSR count). The summed E-state index contributed by atoms with van der Waals surface area (Å²) in [5, 5.41) is 2.94. The second-order valence-electron chi connectivity index (χ2n) is 5.22. The maximum absolute atomic E-state index is 12.2. The largest absolute Gasteiger partial charge is 0.465 e. The fraction of sp³-hybridized carbons (Fsp3) is 0.188. The molecule has 1 aromatic carbocycles. The molecular weight excluding hydrogens is 296 g/mol. The van der Waals surface area contributed by atoms with Crippen LogP contribution in [0.1, 0.15) is 27.4 Å². The lowest BCUT2D eigenvalue weighted by Crippen LogP contribution is -2.24. The van der Waals surface area contributed by atoms with Gasteiger partial charge in [0.05, 0.1) is 18.2 Å². The number of carbonyl (C=O) groups excluding carboxylic acids is 1. The van der Waals surface area contributed by atoms with Crippen molar-refractivity contribution in [3.05, 3.63) is 63.6 Å². The summed E-state index contributed by atoms with van der Waals surface area (Å²) in [5.74, 6) is 0.0644. The Morgan fingerprint density at radius 3 is 2.78 bits per heavy atom. The standard InChI is InChI=1S/C16H16N4O3/c1-23-15(22)10-4-2-9(3-5-10)8-11-6-7-18-13-12(11)14(21)20-16(17)19-13/h2-7,11H,8H2,1H3,(H4,17,18,19,20,21). The van der Waals surface area contributed by atoms with E-state index in [1.165, 1.54) is 7.11 Å². The number of nitrogens with zero attached hydrogens (tertiary/aromatic N) is 1. The van der Waals surface area contributed by atoms with E-state index in [0.717, 1.165) is 5.56 Å². The van der Waals surface area contributed by atoms with Gasteiger partial charge in [-0.3, -0.25) is 9.78 Å². The Hall–Kier alpha value is -3.09. The van der Waals surface area contributed by atoms with Gasteiger partial charge in [0.2, 0.25) is 5.95 Å². The number of aromatic nitrogens is 2. The Kier molecular flexibility index (Phi) is 3.84. The number of hydrogen-bond acceptors (Lipinski definition) is 6. The van der Waals surface area contributed by atoms with Crippen LogP contribution in [0.4, 0.5) is 11.8 Å². The van der Waals surface area contributed by atoms with Crippen LogP contribution in [0.5, 0.6) is 0 Å². The van der Waals surface area contributed by atoms with Gasteiger partial charge in [0.15, 0.2) is 0 Å². The highest BCUT2D eigenvalue weighted by molar-refractivity contribution is 5.89. The summed E-state index contributed by atoms with van der Waals surface area (Å²) >= 11 is 0. The first-order valence-electron chi connectivity index (χ1n) is 7.08. The van der Waals surface area contributed by atoms with Gasteiger partial charge in [0, 0.05) is 5.92 Å². The van der Waals surface area contributed by atoms with Crippen LogP contribution in [0.15, 0.2) is 41.3 Å². The Labute approximate surface area is 132 Å². The van der Waals surface area contributed by atoms with E-state index in [1.807, 2.05) is 18.2 Å². The van der Waals surface area contributed by atoms with Crippen LogP contribution < -0.4 is 16.6 Å². The molecule has 1 aliphatic heterocycles. The maximum atomic E-state index is 12.2. The number of aromatic amines is 1. The van der Waals surface area contributed by atoms with Gasteiger partial charge in [0.1, 0.15) is 5.82 Å². The summed E-state index contributed by atoms with van der Waals surface area (Å²) in [6.45, 7) is 0. The number of benzene rings is 1. The normalized spacial score (nSPS) is 15.6. The molecule has 0 saturated heterocycles. The Morgan fingerprint density at radius 2 is 2.09 bits per heavy atom. The summed E-state index contributed by atoms with van der Waals surface area (Å²) in [6, 6.07) is 7.11. The van der Waals surface area contributed by atoms with Crippen LogP contribution in [0.2, 0.25) is 0 Å². The summed E-state index contributed by atoms with van der Waals surface area (Å²) in [7, 11) is 1.35. The topological polar surface area (TPSA) is 110 Å². The molecular formula is C16H16N4O3. The predicted octanol–water partition coefficient (Wildman–Crippen LogP) is 1.40. The highest BCUT2D eigenvalue weighted by Crippen LogP contribution is 2.28. The van der Waals surface area contributed by atoms with E-state index in [4.69, 9.17) is 5.73 Å². The summed E-state index contributed by atoms with van der Waals surface area (Å²) < 4.78 is 4.68. The average molecular weight is 312 g/mol. The molecule has 0 radical (unpaired) electrons. The van der Waals surface area contributed by atoms with Crippen LogP contribution in [0.3, 0.4) is 0 Å². The van der Waals surface area contributed by atoms with Crippen molar-refractivity contribution in [2.75, 3.05) is 18.2 Å². The minimum Gasteiger partial charge on any atom is -0.465 e. The van der Waals surface area contributed by atoms with Gasteiger partial charge in [-0.1, -0.05) is 18.2 Å². The van der Waals surface area contributed by atoms with Gasteiger partial charge in [-0.15, -0.1) is 0 Å². The summed E-state index contributed by atoms with van der Waals surface area (Å²) in [6.07, 6.45) is 4.27. The van der Waals surface area contributed by atoms with Gasteiger partial charge in [-0.2, -0.15) is 4.98 Å². The smallest absolute Gasteiger partial charge is 0.337 e. The molecule has 0 bridgehead atoms. The zero-order valence-corrected chi connectivity index (χ0v) is 12.5. The van der Waals surface area contributed by atoms with Crippen LogP contribution in [0.25, 0.3) is 0 Å². The zero-order chi connectivity index (χ0) is 16.4. The van der Waals surface area contributed by atoms with Crippen molar-refractivity contribution in [3.63, 3.8) is 0 Å². The molecule has 0 spiro atoms. The van der Waals surface area contributed by atoms with Crippen molar-refractivity contribution in [2.45, 2.75) is 12.3 Å². The first-order chi connectivity index (χ1) is 11.1. The van der Waals surface area contributed by atoms with E-state index < -0.39 is 0 Å². The molecule has 0 fully saturated rings. The zero-order valence-electron chi connectivity index (χ0n) is 12.5. The van der Waals surface area contributed by atoms with Crippen LogP contribution >= 0.6 is 0 Å². The van der Waals surface area contributed by atoms with E-state index in [0.29, 0.717) is 23.4 Å². The number of fused-ring (bicyclic) bond motifs is 1. The number of nitrogens with two attached hydrogens (primary N) is 1. The molecule has 1 aromatic heterocycles. The molecule has 1 aliphatic rings. The van der Waals surface area contributed by atoms with Crippen LogP contribution in [-0.4, -0.2) is 23.0 Å². The predicted molar refractivity (Wildman–Crippen MR) is 86.3 cm³/mol. The number of anilines is 2. The molecule has 23 heavy (non-hydrogen) atoms. The number of allylic oxidation sites excluding steroid dienone is 1. The molecule has 7 nitrogen and oxygen atoms in total. The minimum atomic E-state index is -0.375. The highest BCUT2D eigenvalue weighted by Gasteiger charge is 2.22. The Bertz CT molecular complexity index is 824. The van der Waals surface area contributed by atoms with Crippen molar-refractivity contribution >= 4 is 17.7 Å². The molecule has 2 heterocycles. The monoisotopic (exact) mass is 312 g/mol. The molecule has 0 saturated carbocycles. The first kappa shape index (κ1) is 14.8. The number of ether oxygens (including phenoxy) is 1. The molecule has 0 aliphatic carbocycles. The van der Waals surface area contributed by atoms with Crippen molar-refractivity contribution < 1.29 is 9.53 Å². The molecule has 0 amide bonds.